The number of nitrogens with zero attached hydrogens (tertiary/aromatic N) is 1. The normalized spacial score (nSPS) is 17.1. The number of aliphatic hydroxyl groups excluding tert-OH is 1. The number of thioether (sulfide) groups is 1. The van der Waals surface area contributed by atoms with Crippen LogP contribution in [0.15, 0.2) is 66.9 Å². The first kappa shape index (κ1) is 29.9. The maximum atomic E-state index is 12.4. The molecule has 0 unspecified atom stereocenters. The Morgan fingerprint density at radius 3 is 2.90 bits per heavy atom. The number of H-pyrrole nitrogens is 1. The number of hydrogen-bond acceptors (Lipinski definition) is 6. The van der Waals surface area contributed by atoms with Crippen LogP contribution in [-0.2, 0) is 27.2 Å². The standard InChI is InChI=1S/C32H41N3O4S/c1-23-7-6-8-24(19-23)20-27(36)13-11-26-12-14-31(37)35(26)15-18-40-17-5-4-16-39-32(38)29(33)21-25-22-34-30-10-3-2-9-28(25)30/h2-3,6-11,13,19,22,26-27,29,34,36H,4-5,12,14-18,20-21,33H2,1H3/b13-11+/t26-,27+,29-/m0/s1. The number of carbonyl (C=O) groups excluding carboxylic acids is 2. The van der Waals surface area contributed by atoms with Gasteiger partial charge < -0.3 is 25.5 Å². The molecule has 3 aromatic rings. The minimum Gasteiger partial charge on any atom is -0.465 e. The van der Waals surface area contributed by atoms with E-state index >= 15 is 0 Å². The van der Waals surface area contributed by atoms with Crippen molar-refractivity contribution in [3.05, 3.63) is 83.6 Å². The summed E-state index contributed by atoms with van der Waals surface area (Å²) in [6.07, 6.45) is 9.24. The molecule has 2 aromatic carbocycles. The van der Waals surface area contributed by atoms with Gasteiger partial charge in [-0.05, 0) is 49.1 Å². The predicted molar refractivity (Wildman–Crippen MR) is 162 cm³/mol. The fraction of sp³-hybridized carbons (Fsp3) is 0.438. The van der Waals surface area contributed by atoms with E-state index in [0.717, 1.165) is 52.8 Å². The average molecular weight is 564 g/mol. The lowest BCUT2D eigenvalue weighted by Gasteiger charge is -2.22. The van der Waals surface area contributed by atoms with E-state index in [9.17, 15) is 14.7 Å². The number of nitrogens with two attached hydrogens (primary N) is 1. The number of para-hydroxylation sites is 1. The molecule has 7 nitrogen and oxygen atoms in total. The highest BCUT2D eigenvalue weighted by Crippen LogP contribution is 2.22. The van der Waals surface area contributed by atoms with Gasteiger partial charge in [0.2, 0.25) is 5.91 Å². The SMILES string of the molecule is Cc1cccc(C[C@H](O)/C=C/[C@H]2CCC(=O)N2CCSCCCCOC(=O)[C@@H](N)Cc2c[nH]c3ccccc23)c1. The summed E-state index contributed by atoms with van der Waals surface area (Å²) in [5, 5.41) is 11.5. The van der Waals surface area contributed by atoms with Crippen molar-refractivity contribution in [1.29, 1.82) is 0 Å². The molecule has 0 bridgehead atoms. The first-order valence-electron chi connectivity index (χ1n) is 14.2. The lowest BCUT2D eigenvalue weighted by atomic mass is 10.0. The number of aromatic nitrogens is 1. The number of unbranched alkanes of at least 4 members (excludes halogenated alkanes) is 1. The number of nitrogens with one attached hydrogen (secondary N) is 1. The van der Waals surface area contributed by atoms with Crippen LogP contribution in [0.1, 0.15) is 42.4 Å². The third-order valence-electron chi connectivity index (χ3n) is 7.28. The topological polar surface area (TPSA) is 109 Å². The Kier molecular flexibility index (Phi) is 11.3. The number of benzene rings is 2. The summed E-state index contributed by atoms with van der Waals surface area (Å²) >= 11 is 1.80. The third-order valence-corrected chi connectivity index (χ3v) is 8.33. The lowest BCUT2D eigenvalue weighted by molar-refractivity contribution is -0.145. The van der Waals surface area contributed by atoms with Gasteiger partial charge in [-0.1, -0.05) is 60.2 Å². The van der Waals surface area contributed by atoms with E-state index in [0.29, 0.717) is 32.4 Å². The van der Waals surface area contributed by atoms with Crippen molar-refractivity contribution >= 4 is 34.5 Å². The van der Waals surface area contributed by atoms with Crippen LogP contribution in [0, 0.1) is 6.92 Å². The van der Waals surface area contributed by atoms with Crippen molar-refractivity contribution in [3.8, 4) is 0 Å². The van der Waals surface area contributed by atoms with Crippen molar-refractivity contribution in [1.82, 2.24) is 9.88 Å². The predicted octanol–water partition coefficient (Wildman–Crippen LogP) is 4.55. The van der Waals surface area contributed by atoms with E-state index in [1.807, 2.05) is 72.6 Å². The summed E-state index contributed by atoms with van der Waals surface area (Å²) in [5.41, 5.74) is 10.4. The van der Waals surface area contributed by atoms with Gasteiger partial charge in [0, 0.05) is 48.7 Å². The first-order chi connectivity index (χ1) is 19.4. The molecule has 0 spiro atoms. The van der Waals surface area contributed by atoms with Gasteiger partial charge in [-0.25, -0.2) is 0 Å². The van der Waals surface area contributed by atoms with Crippen LogP contribution in [0.25, 0.3) is 10.9 Å². The second-order valence-corrected chi connectivity index (χ2v) is 11.7. The minimum atomic E-state index is -0.683. The van der Waals surface area contributed by atoms with Crippen molar-refractivity contribution in [2.24, 2.45) is 5.73 Å². The Hall–Kier alpha value is -3.07. The minimum absolute atomic E-state index is 0.0492. The van der Waals surface area contributed by atoms with Crippen molar-refractivity contribution < 1.29 is 19.4 Å². The van der Waals surface area contributed by atoms with Crippen molar-refractivity contribution in [2.75, 3.05) is 24.7 Å². The van der Waals surface area contributed by atoms with Gasteiger partial charge in [-0.2, -0.15) is 11.8 Å². The van der Waals surface area contributed by atoms with Crippen LogP contribution in [0.5, 0.6) is 0 Å². The number of aromatic amines is 1. The number of amides is 1. The third kappa shape index (κ3) is 8.71. The molecule has 1 aromatic heterocycles. The summed E-state index contributed by atoms with van der Waals surface area (Å²) in [4.78, 5) is 29.9. The monoisotopic (exact) mass is 563 g/mol. The van der Waals surface area contributed by atoms with Crippen LogP contribution in [0.3, 0.4) is 0 Å². The number of rotatable bonds is 15. The maximum absolute atomic E-state index is 12.4. The van der Waals surface area contributed by atoms with Gasteiger partial charge in [-0.15, -0.1) is 0 Å². The highest BCUT2D eigenvalue weighted by Gasteiger charge is 2.28. The Morgan fingerprint density at radius 1 is 1.20 bits per heavy atom. The van der Waals surface area contributed by atoms with Crippen LogP contribution in [-0.4, -0.2) is 69.7 Å². The van der Waals surface area contributed by atoms with Crippen LogP contribution in [0.2, 0.25) is 0 Å². The Morgan fingerprint density at radius 2 is 2.05 bits per heavy atom. The molecule has 1 amide bonds. The number of carbonyl (C=O) groups is 2. The fourth-order valence-electron chi connectivity index (χ4n) is 5.12. The Bertz CT molecular complexity index is 1290. The zero-order valence-corrected chi connectivity index (χ0v) is 24.1. The number of likely N-dealkylation sites (tertiary alicyclic amines) is 1. The summed E-state index contributed by atoms with van der Waals surface area (Å²) in [6.45, 7) is 3.11. The zero-order chi connectivity index (χ0) is 28.3. The highest BCUT2D eigenvalue weighted by molar-refractivity contribution is 7.99. The highest BCUT2D eigenvalue weighted by atomic mass is 32.2. The van der Waals surface area contributed by atoms with Crippen LogP contribution >= 0.6 is 11.8 Å². The number of hydrogen-bond donors (Lipinski definition) is 3. The molecule has 4 rings (SSSR count). The smallest absolute Gasteiger partial charge is 0.323 e. The summed E-state index contributed by atoms with van der Waals surface area (Å²) < 4.78 is 5.41. The zero-order valence-electron chi connectivity index (χ0n) is 23.3. The molecule has 2 heterocycles. The van der Waals surface area contributed by atoms with E-state index < -0.39 is 12.1 Å². The van der Waals surface area contributed by atoms with Gasteiger partial charge in [-0.3, -0.25) is 9.59 Å². The van der Waals surface area contributed by atoms with E-state index in [4.69, 9.17) is 10.5 Å². The summed E-state index contributed by atoms with van der Waals surface area (Å²) in [5.74, 6) is 1.61. The average Bonchev–Trinajstić information content (AvgIpc) is 3.51. The van der Waals surface area contributed by atoms with E-state index in [-0.39, 0.29) is 17.9 Å². The molecule has 0 aliphatic carbocycles. The van der Waals surface area contributed by atoms with E-state index in [2.05, 4.69) is 11.1 Å². The van der Waals surface area contributed by atoms with Gasteiger partial charge >= 0.3 is 5.97 Å². The number of ether oxygens (including phenoxy) is 1. The molecule has 1 saturated heterocycles. The molecule has 1 aliphatic heterocycles. The second-order valence-electron chi connectivity index (χ2n) is 10.5. The summed E-state index contributed by atoms with van der Waals surface area (Å²) in [7, 11) is 0. The van der Waals surface area contributed by atoms with Crippen molar-refractivity contribution in [2.45, 2.75) is 63.6 Å². The molecule has 8 heteroatoms. The van der Waals surface area contributed by atoms with E-state index in [1.165, 1.54) is 5.56 Å². The van der Waals surface area contributed by atoms with Crippen LogP contribution < -0.4 is 5.73 Å². The second kappa shape index (κ2) is 15.1. The Balaban J connectivity index is 1.08. The number of aryl methyl sites for hydroxylation is 1. The molecular weight excluding hydrogens is 522 g/mol. The lowest BCUT2D eigenvalue weighted by Crippen LogP contribution is -2.34. The van der Waals surface area contributed by atoms with E-state index in [1.54, 1.807) is 11.8 Å². The molecular formula is C32H41N3O4S. The molecule has 3 atom stereocenters. The number of aliphatic hydroxyl groups is 1. The molecule has 0 saturated carbocycles. The molecule has 4 N–H and O–H groups in total. The van der Waals surface area contributed by atoms with Gasteiger partial charge in [0.05, 0.1) is 18.8 Å². The number of fused-ring (bicyclic) bond motifs is 1. The van der Waals surface area contributed by atoms with Gasteiger partial charge in [0.15, 0.2) is 0 Å². The molecule has 1 fully saturated rings. The molecule has 1 aliphatic rings. The Labute approximate surface area is 241 Å². The fourth-order valence-corrected chi connectivity index (χ4v) is 6.06. The molecule has 214 valence electrons. The molecule has 40 heavy (non-hydrogen) atoms. The van der Waals surface area contributed by atoms with Gasteiger partial charge in [0.1, 0.15) is 6.04 Å². The quantitative estimate of drug-likeness (QED) is 0.142. The first-order valence-corrected chi connectivity index (χ1v) is 15.3. The molecule has 0 radical (unpaired) electrons. The maximum Gasteiger partial charge on any atom is 0.323 e. The number of esters is 1. The van der Waals surface area contributed by atoms with Gasteiger partial charge in [0.25, 0.3) is 0 Å². The largest absolute Gasteiger partial charge is 0.465 e. The van der Waals surface area contributed by atoms with Crippen LogP contribution in [0.4, 0.5) is 0 Å². The summed E-state index contributed by atoms with van der Waals surface area (Å²) in [6, 6.07) is 15.5. The van der Waals surface area contributed by atoms with Crippen molar-refractivity contribution in [3.63, 3.8) is 0 Å².